The van der Waals surface area contributed by atoms with Crippen molar-refractivity contribution in [2.24, 2.45) is 5.92 Å². The highest BCUT2D eigenvalue weighted by Crippen LogP contribution is 2.50. The monoisotopic (exact) mass is 366 g/mol. The molecule has 2 aliphatic rings. The summed E-state index contributed by atoms with van der Waals surface area (Å²) in [4.78, 5) is 12.7. The normalized spacial score (nSPS) is 22.7. The summed E-state index contributed by atoms with van der Waals surface area (Å²) in [7, 11) is 1.61. The first-order chi connectivity index (χ1) is 13.2. The van der Waals surface area contributed by atoms with Gasteiger partial charge in [-0.05, 0) is 41.7 Å². The highest BCUT2D eigenvalue weighted by Gasteiger charge is 2.39. The minimum atomic E-state index is -0.241. The second-order valence-electron chi connectivity index (χ2n) is 7.05. The fourth-order valence-corrected chi connectivity index (χ4v) is 4.17. The lowest BCUT2D eigenvalue weighted by atomic mass is 9.76. The van der Waals surface area contributed by atoms with E-state index in [9.17, 15) is 9.18 Å². The average molecular weight is 366 g/mol. The summed E-state index contributed by atoms with van der Waals surface area (Å²) in [5, 5.41) is 6.49. The van der Waals surface area contributed by atoms with E-state index in [2.05, 4.69) is 28.9 Å². The molecule has 2 aromatic carbocycles. The number of amides is 1. The Morgan fingerprint density at radius 2 is 2.07 bits per heavy atom. The third-order valence-electron chi connectivity index (χ3n) is 5.46. The van der Waals surface area contributed by atoms with Crippen LogP contribution in [0.3, 0.4) is 0 Å². The lowest BCUT2D eigenvalue weighted by Gasteiger charge is -2.38. The van der Waals surface area contributed by atoms with Gasteiger partial charge in [0.1, 0.15) is 5.82 Å². The topological polar surface area (TPSA) is 50.4 Å². The van der Waals surface area contributed by atoms with E-state index in [4.69, 9.17) is 4.74 Å². The van der Waals surface area contributed by atoms with E-state index < -0.39 is 0 Å². The highest BCUT2D eigenvalue weighted by atomic mass is 19.1. The van der Waals surface area contributed by atoms with Crippen LogP contribution in [0.15, 0.2) is 54.6 Å². The molecular formula is C22H23FN2O2. The van der Waals surface area contributed by atoms with Crippen LogP contribution in [0, 0.1) is 11.7 Å². The molecule has 0 bridgehead atoms. The Kier molecular flexibility index (Phi) is 4.94. The van der Waals surface area contributed by atoms with Crippen molar-refractivity contribution in [1.29, 1.82) is 0 Å². The third-order valence-corrected chi connectivity index (χ3v) is 5.46. The number of benzene rings is 2. The van der Waals surface area contributed by atoms with E-state index in [0.717, 1.165) is 23.2 Å². The molecule has 1 aliphatic heterocycles. The van der Waals surface area contributed by atoms with E-state index in [0.29, 0.717) is 24.6 Å². The summed E-state index contributed by atoms with van der Waals surface area (Å²) < 4.78 is 18.4. The molecule has 2 aromatic rings. The first kappa shape index (κ1) is 17.7. The van der Waals surface area contributed by atoms with Crippen molar-refractivity contribution in [3.05, 3.63) is 77.1 Å². The van der Waals surface area contributed by atoms with Crippen LogP contribution in [-0.2, 0) is 4.74 Å². The summed E-state index contributed by atoms with van der Waals surface area (Å²) in [5.74, 6) is 0.252. The SMILES string of the molecule is COCCNC(=O)c1cccc2c1NC(c1ccc(F)cc1)C1CC=CC21. The van der Waals surface area contributed by atoms with Crippen LogP contribution in [0.1, 0.15) is 39.9 Å². The number of hydrogen-bond acceptors (Lipinski definition) is 3. The number of carbonyl (C=O) groups excluding carboxylic acids is 1. The van der Waals surface area contributed by atoms with Crippen molar-refractivity contribution in [3.8, 4) is 0 Å². The second-order valence-corrected chi connectivity index (χ2v) is 7.05. The van der Waals surface area contributed by atoms with Gasteiger partial charge in [0.15, 0.2) is 0 Å². The van der Waals surface area contributed by atoms with Crippen molar-refractivity contribution < 1.29 is 13.9 Å². The van der Waals surface area contributed by atoms with Gasteiger partial charge in [0.25, 0.3) is 5.91 Å². The van der Waals surface area contributed by atoms with E-state index in [-0.39, 0.29) is 23.7 Å². The van der Waals surface area contributed by atoms with Gasteiger partial charge in [-0.25, -0.2) is 4.39 Å². The molecule has 2 N–H and O–H groups in total. The van der Waals surface area contributed by atoms with E-state index in [1.807, 2.05) is 24.3 Å². The van der Waals surface area contributed by atoms with Crippen molar-refractivity contribution >= 4 is 11.6 Å². The molecule has 3 unspecified atom stereocenters. The van der Waals surface area contributed by atoms with Crippen LogP contribution in [0.2, 0.25) is 0 Å². The first-order valence-corrected chi connectivity index (χ1v) is 9.27. The second kappa shape index (κ2) is 7.53. The Morgan fingerprint density at radius 1 is 1.26 bits per heavy atom. The molecule has 27 heavy (non-hydrogen) atoms. The van der Waals surface area contributed by atoms with Crippen molar-refractivity contribution in [2.45, 2.75) is 18.4 Å². The molecule has 4 nitrogen and oxygen atoms in total. The molecule has 0 fully saturated rings. The summed E-state index contributed by atoms with van der Waals surface area (Å²) in [6, 6.07) is 12.5. The number of ether oxygens (including phenoxy) is 1. The Hall–Kier alpha value is -2.66. The number of methoxy groups -OCH3 is 1. The fourth-order valence-electron chi connectivity index (χ4n) is 4.17. The Balaban J connectivity index is 1.70. The van der Waals surface area contributed by atoms with Gasteiger partial charge in [-0.1, -0.05) is 36.4 Å². The highest BCUT2D eigenvalue weighted by molar-refractivity contribution is 6.00. The van der Waals surface area contributed by atoms with E-state index in [1.54, 1.807) is 7.11 Å². The molecule has 0 saturated carbocycles. The molecule has 3 atom stereocenters. The molecule has 140 valence electrons. The summed E-state index contributed by atoms with van der Waals surface area (Å²) >= 11 is 0. The molecule has 0 saturated heterocycles. The molecule has 5 heteroatoms. The molecule has 0 aromatic heterocycles. The predicted octanol–water partition coefficient (Wildman–Crippen LogP) is 4.03. The van der Waals surface area contributed by atoms with Gasteiger partial charge in [0.05, 0.1) is 23.9 Å². The van der Waals surface area contributed by atoms with E-state index in [1.165, 1.54) is 12.1 Å². The van der Waals surface area contributed by atoms with Gasteiger partial charge < -0.3 is 15.4 Å². The van der Waals surface area contributed by atoms with Crippen molar-refractivity contribution in [3.63, 3.8) is 0 Å². The zero-order valence-corrected chi connectivity index (χ0v) is 15.2. The number of halogens is 1. The van der Waals surface area contributed by atoms with Gasteiger partial charge in [-0.3, -0.25) is 4.79 Å². The molecule has 4 rings (SSSR count). The summed E-state index contributed by atoms with van der Waals surface area (Å²) in [6.45, 7) is 0.937. The number of carbonyl (C=O) groups is 1. The molecule has 1 heterocycles. The number of allylic oxidation sites excluding steroid dienone is 2. The zero-order valence-electron chi connectivity index (χ0n) is 15.2. The van der Waals surface area contributed by atoms with Crippen molar-refractivity contribution in [1.82, 2.24) is 5.32 Å². The number of hydrogen-bond donors (Lipinski definition) is 2. The zero-order chi connectivity index (χ0) is 18.8. The first-order valence-electron chi connectivity index (χ1n) is 9.27. The molecule has 1 amide bonds. The smallest absolute Gasteiger partial charge is 0.253 e. The molecular weight excluding hydrogens is 343 g/mol. The average Bonchev–Trinajstić information content (AvgIpc) is 3.18. The number of rotatable bonds is 5. The lowest BCUT2D eigenvalue weighted by Crippen LogP contribution is -2.33. The van der Waals surface area contributed by atoms with Crippen LogP contribution in [0.25, 0.3) is 0 Å². The Labute approximate surface area is 158 Å². The Bertz CT molecular complexity index is 863. The quantitative estimate of drug-likeness (QED) is 0.621. The van der Waals surface area contributed by atoms with Gasteiger partial charge in [0, 0.05) is 19.6 Å². The predicted molar refractivity (Wildman–Crippen MR) is 103 cm³/mol. The van der Waals surface area contributed by atoms with E-state index >= 15 is 0 Å². The number of para-hydroxylation sites is 1. The van der Waals surface area contributed by atoms with Gasteiger partial charge >= 0.3 is 0 Å². The fraction of sp³-hybridized carbons (Fsp3) is 0.318. The summed E-state index contributed by atoms with van der Waals surface area (Å²) in [5.41, 5.74) is 3.69. The summed E-state index contributed by atoms with van der Waals surface area (Å²) in [6.07, 6.45) is 5.39. The molecule has 0 radical (unpaired) electrons. The van der Waals surface area contributed by atoms with Crippen LogP contribution >= 0.6 is 0 Å². The van der Waals surface area contributed by atoms with Crippen molar-refractivity contribution in [2.75, 3.05) is 25.6 Å². The minimum Gasteiger partial charge on any atom is -0.383 e. The number of anilines is 1. The standard InChI is InChI=1S/C22H23FN2O2/c1-27-13-12-24-22(26)19-7-3-6-18-16-4-2-5-17(16)20(25-21(18)19)14-8-10-15(23)11-9-14/h2-4,6-11,16-17,20,25H,5,12-13H2,1H3,(H,24,26). The van der Waals surface area contributed by atoms with Crippen LogP contribution in [-0.4, -0.2) is 26.2 Å². The van der Waals surface area contributed by atoms with Gasteiger partial charge in [-0.2, -0.15) is 0 Å². The van der Waals surface area contributed by atoms with Crippen LogP contribution < -0.4 is 10.6 Å². The molecule has 1 aliphatic carbocycles. The van der Waals surface area contributed by atoms with Gasteiger partial charge in [-0.15, -0.1) is 0 Å². The number of fused-ring (bicyclic) bond motifs is 3. The third kappa shape index (κ3) is 3.35. The minimum absolute atomic E-state index is 0.0334. The molecule has 0 spiro atoms. The maximum Gasteiger partial charge on any atom is 0.253 e. The van der Waals surface area contributed by atoms with Crippen LogP contribution in [0.5, 0.6) is 0 Å². The number of nitrogens with one attached hydrogen (secondary N) is 2. The lowest BCUT2D eigenvalue weighted by molar-refractivity contribution is 0.0937. The maximum absolute atomic E-state index is 13.4. The maximum atomic E-state index is 13.4. The van der Waals surface area contributed by atoms with Gasteiger partial charge in [0.2, 0.25) is 0 Å². The Morgan fingerprint density at radius 3 is 2.85 bits per heavy atom. The van der Waals surface area contributed by atoms with Crippen LogP contribution in [0.4, 0.5) is 10.1 Å². The largest absolute Gasteiger partial charge is 0.383 e.